The standard InChI is InChI=1S/C25H25FN6O3/c1-31-23(33)18-13-20(15-6-7-15)34-14-25(18,30-24(31)27)17-12-16(8-9-19(17)26)35-22-5-2-4-21(29-22)32-11-3-10-28-32/h2-5,8-12,15,18,20H,6-7,13-14H2,1H3,(H2,27,30)/t18-,20+,25+/m0/s1. The van der Waals surface area contributed by atoms with Gasteiger partial charge in [-0.3, -0.25) is 9.69 Å². The van der Waals surface area contributed by atoms with Crippen molar-refractivity contribution in [1.29, 1.82) is 0 Å². The number of nitrogens with zero attached hydrogens (tertiary/aromatic N) is 5. The maximum Gasteiger partial charge on any atom is 0.235 e. The van der Waals surface area contributed by atoms with Gasteiger partial charge in [0.25, 0.3) is 0 Å². The molecule has 0 bridgehead atoms. The van der Waals surface area contributed by atoms with E-state index in [-0.39, 0.29) is 30.1 Å². The summed E-state index contributed by atoms with van der Waals surface area (Å²) in [6.07, 6.45) is 6.05. The highest BCUT2D eigenvalue weighted by atomic mass is 19.1. The van der Waals surface area contributed by atoms with Crippen LogP contribution in [0, 0.1) is 17.7 Å². The molecule has 35 heavy (non-hydrogen) atoms. The Morgan fingerprint density at radius 2 is 2.09 bits per heavy atom. The number of aromatic nitrogens is 3. The van der Waals surface area contributed by atoms with Crippen molar-refractivity contribution in [2.24, 2.45) is 22.6 Å². The molecule has 2 aromatic heterocycles. The molecule has 0 radical (unpaired) electrons. The Kier molecular flexibility index (Phi) is 5.06. The van der Waals surface area contributed by atoms with Crippen LogP contribution in [0.4, 0.5) is 4.39 Å². The number of nitrogens with two attached hydrogens (primary N) is 1. The Morgan fingerprint density at radius 3 is 2.86 bits per heavy atom. The topological polar surface area (TPSA) is 108 Å². The van der Waals surface area contributed by atoms with Crippen LogP contribution in [0.2, 0.25) is 0 Å². The minimum Gasteiger partial charge on any atom is -0.439 e. The second-order valence-corrected chi connectivity index (χ2v) is 9.30. The zero-order valence-corrected chi connectivity index (χ0v) is 19.2. The molecule has 1 amide bonds. The third-order valence-corrected chi connectivity index (χ3v) is 7.07. The van der Waals surface area contributed by atoms with Crippen molar-refractivity contribution in [2.45, 2.75) is 30.9 Å². The number of aliphatic imine (C=N–C) groups is 1. The molecule has 1 saturated carbocycles. The third kappa shape index (κ3) is 3.74. The molecule has 6 rings (SSSR count). The van der Waals surface area contributed by atoms with E-state index in [9.17, 15) is 4.79 Å². The van der Waals surface area contributed by atoms with Gasteiger partial charge in [-0.2, -0.15) is 10.1 Å². The molecule has 2 fully saturated rings. The van der Waals surface area contributed by atoms with Crippen LogP contribution in [0.25, 0.3) is 5.82 Å². The summed E-state index contributed by atoms with van der Waals surface area (Å²) in [6.45, 7) is 0.0759. The van der Waals surface area contributed by atoms with Crippen molar-refractivity contribution < 1.29 is 18.7 Å². The average molecular weight is 477 g/mol. The lowest BCUT2D eigenvalue weighted by Crippen LogP contribution is -2.60. The van der Waals surface area contributed by atoms with Crippen LogP contribution in [0.15, 0.2) is 59.9 Å². The Morgan fingerprint density at radius 1 is 1.23 bits per heavy atom. The largest absolute Gasteiger partial charge is 0.439 e. The van der Waals surface area contributed by atoms with Crippen LogP contribution in [0.3, 0.4) is 0 Å². The summed E-state index contributed by atoms with van der Waals surface area (Å²) < 4.78 is 29.1. The van der Waals surface area contributed by atoms with Gasteiger partial charge in [-0.15, -0.1) is 0 Å². The first-order chi connectivity index (χ1) is 16.9. The van der Waals surface area contributed by atoms with E-state index in [1.54, 1.807) is 54.5 Å². The molecule has 2 N–H and O–H groups in total. The molecule has 10 heteroatoms. The SMILES string of the molecule is CN1C(=O)[C@@H]2C[C@H](C3CC3)OC[C@]2(c2cc(Oc3cccc(-n4cccn4)n3)ccc2F)N=C1N. The molecular formula is C25H25FN6O3. The summed E-state index contributed by atoms with van der Waals surface area (Å²) in [5.74, 6) is 0.503. The van der Waals surface area contributed by atoms with E-state index in [2.05, 4.69) is 15.1 Å². The number of amides is 1. The predicted molar refractivity (Wildman–Crippen MR) is 124 cm³/mol. The lowest BCUT2D eigenvalue weighted by atomic mass is 9.72. The van der Waals surface area contributed by atoms with Gasteiger partial charge in [-0.1, -0.05) is 6.07 Å². The molecule has 2 aliphatic heterocycles. The summed E-state index contributed by atoms with van der Waals surface area (Å²) >= 11 is 0. The summed E-state index contributed by atoms with van der Waals surface area (Å²) in [4.78, 5) is 23.8. The van der Waals surface area contributed by atoms with Crippen molar-refractivity contribution in [1.82, 2.24) is 19.7 Å². The van der Waals surface area contributed by atoms with Gasteiger partial charge in [0.2, 0.25) is 11.8 Å². The quantitative estimate of drug-likeness (QED) is 0.607. The number of carbonyl (C=O) groups is 1. The fourth-order valence-corrected chi connectivity index (χ4v) is 5.01. The van der Waals surface area contributed by atoms with Gasteiger partial charge >= 0.3 is 0 Å². The van der Waals surface area contributed by atoms with Crippen LogP contribution < -0.4 is 10.5 Å². The molecule has 180 valence electrons. The normalized spacial score (nSPS) is 26.3. The molecule has 1 aromatic carbocycles. The zero-order chi connectivity index (χ0) is 24.2. The lowest BCUT2D eigenvalue weighted by Gasteiger charge is -2.47. The summed E-state index contributed by atoms with van der Waals surface area (Å²) in [7, 11) is 1.60. The summed E-state index contributed by atoms with van der Waals surface area (Å²) in [6, 6.07) is 11.5. The summed E-state index contributed by atoms with van der Waals surface area (Å²) in [5.41, 5.74) is 5.07. The molecule has 4 heterocycles. The van der Waals surface area contributed by atoms with Crippen LogP contribution in [-0.4, -0.2) is 51.3 Å². The van der Waals surface area contributed by atoms with Crippen LogP contribution >= 0.6 is 0 Å². The van der Waals surface area contributed by atoms with E-state index >= 15 is 4.39 Å². The van der Waals surface area contributed by atoms with Crippen LogP contribution in [0.5, 0.6) is 11.6 Å². The summed E-state index contributed by atoms with van der Waals surface area (Å²) in [5, 5.41) is 4.18. The number of benzene rings is 1. The van der Waals surface area contributed by atoms with Crippen molar-refractivity contribution in [3.63, 3.8) is 0 Å². The number of guanidine groups is 1. The molecule has 3 aliphatic rings. The smallest absolute Gasteiger partial charge is 0.235 e. The van der Waals surface area contributed by atoms with Crippen molar-refractivity contribution in [3.05, 3.63) is 66.2 Å². The van der Waals surface area contributed by atoms with E-state index in [0.717, 1.165) is 12.8 Å². The number of hydrogen-bond acceptors (Lipinski definition) is 7. The molecule has 3 atom stereocenters. The predicted octanol–water partition coefficient (Wildman–Crippen LogP) is 3.00. The molecule has 3 aromatic rings. The van der Waals surface area contributed by atoms with Gasteiger partial charge in [0.15, 0.2) is 11.8 Å². The number of carbonyl (C=O) groups excluding carboxylic acids is 1. The monoisotopic (exact) mass is 476 g/mol. The van der Waals surface area contributed by atoms with E-state index in [4.69, 9.17) is 15.2 Å². The fraction of sp³-hybridized carbons (Fsp3) is 0.360. The molecule has 1 saturated heterocycles. The number of ether oxygens (including phenoxy) is 2. The first-order valence-electron chi connectivity index (χ1n) is 11.6. The molecule has 0 spiro atoms. The number of pyridine rings is 1. The highest BCUT2D eigenvalue weighted by Gasteiger charge is 2.56. The van der Waals surface area contributed by atoms with Gasteiger partial charge in [0.1, 0.15) is 17.1 Å². The highest BCUT2D eigenvalue weighted by molar-refractivity contribution is 6.00. The Labute approximate surface area is 201 Å². The maximum absolute atomic E-state index is 15.4. The zero-order valence-electron chi connectivity index (χ0n) is 19.2. The minimum absolute atomic E-state index is 0.0308. The van der Waals surface area contributed by atoms with Crippen LogP contribution in [-0.2, 0) is 15.1 Å². The number of rotatable bonds is 5. The minimum atomic E-state index is -1.26. The van der Waals surface area contributed by atoms with Crippen molar-refractivity contribution in [3.8, 4) is 17.4 Å². The Bertz CT molecular complexity index is 1310. The molecule has 9 nitrogen and oxygen atoms in total. The van der Waals surface area contributed by atoms with Gasteiger partial charge in [-0.05, 0) is 55.5 Å². The van der Waals surface area contributed by atoms with Gasteiger partial charge in [-0.25, -0.2) is 14.1 Å². The average Bonchev–Trinajstić information content (AvgIpc) is 3.57. The fourth-order valence-electron chi connectivity index (χ4n) is 5.01. The van der Waals surface area contributed by atoms with E-state index < -0.39 is 17.3 Å². The number of hydrogen-bond donors (Lipinski definition) is 1. The first kappa shape index (κ1) is 21.7. The highest BCUT2D eigenvalue weighted by Crippen LogP contribution is 2.50. The second kappa shape index (κ2) is 8.16. The number of fused-ring (bicyclic) bond motifs is 1. The molecular weight excluding hydrogens is 451 g/mol. The van der Waals surface area contributed by atoms with Crippen molar-refractivity contribution in [2.75, 3.05) is 13.7 Å². The van der Waals surface area contributed by atoms with E-state index in [1.165, 1.54) is 17.0 Å². The Hall–Kier alpha value is -3.79. The van der Waals surface area contributed by atoms with Gasteiger partial charge in [0.05, 0.1) is 18.6 Å². The van der Waals surface area contributed by atoms with E-state index in [0.29, 0.717) is 29.8 Å². The first-order valence-corrected chi connectivity index (χ1v) is 11.6. The van der Waals surface area contributed by atoms with Crippen molar-refractivity contribution >= 4 is 11.9 Å². The van der Waals surface area contributed by atoms with Gasteiger partial charge < -0.3 is 15.2 Å². The molecule has 0 unspecified atom stereocenters. The maximum atomic E-state index is 15.4. The van der Waals surface area contributed by atoms with E-state index in [1.807, 2.05) is 0 Å². The third-order valence-electron chi connectivity index (χ3n) is 7.07. The van der Waals surface area contributed by atoms with Gasteiger partial charge in [0, 0.05) is 31.1 Å². The van der Waals surface area contributed by atoms with Crippen LogP contribution in [0.1, 0.15) is 24.8 Å². The lowest BCUT2D eigenvalue weighted by molar-refractivity contribution is -0.146. The second-order valence-electron chi connectivity index (χ2n) is 9.30. The Balaban J connectivity index is 1.37. The number of halogens is 1. The molecule has 1 aliphatic carbocycles.